The molecule has 1 saturated heterocycles. The van der Waals surface area contributed by atoms with Crippen molar-refractivity contribution in [2.75, 3.05) is 24.2 Å². The van der Waals surface area contributed by atoms with Crippen LogP contribution >= 0.6 is 23.2 Å². The van der Waals surface area contributed by atoms with E-state index in [4.69, 9.17) is 23.2 Å². The summed E-state index contributed by atoms with van der Waals surface area (Å²) in [6.07, 6.45) is 5.72. The SMILES string of the molecule is C[N-]C(=O)c1ccc(NC=O)cc1.O=C(Nc1cccc(Cl)c1)C1C(c2cccc(Cl)c2F)CNC12CCCCC2.[U]. The van der Waals surface area contributed by atoms with Crippen molar-refractivity contribution >= 4 is 52.8 Å². The van der Waals surface area contributed by atoms with Gasteiger partial charge < -0.3 is 26.1 Å². The largest absolute Gasteiger partial charge is 0.652 e. The maximum absolute atomic E-state index is 14.8. The summed E-state index contributed by atoms with van der Waals surface area (Å²) in [6, 6.07) is 18.7. The average molecular weight is 837 g/mol. The Morgan fingerprint density at radius 1 is 1.00 bits per heavy atom. The van der Waals surface area contributed by atoms with Crippen molar-refractivity contribution < 1.29 is 49.9 Å². The number of nitrogens with zero attached hydrogens (tertiary/aromatic N) is 1. The number of rotatable bonds is 6. The molecule has 220 valence electrons. The van der Waals surface area contributed by atoms with Crippen LogP contribution in [0, 0.1) is 42.8 Å². The Morgan fingerprint density at radius 2 is 1.69 bits per heavy atom. The molecule has 0 aromatic heterocycles. The van der Waals surface area contributed by atoms with Gasteiger partial charge in [-0.2, -0.15) is 0 Å². The van der Waals surface area contributed by atoms with E-state index in [2.05, 4.69) is 21.3 Å². The minimum absolute atomic E-state index is 0. The monoisotopic (exact) mass is 835 g/mol. The minimum Gasteiger partial charge on any atom is -0.652 e. The summed E-state index contributed by atoms with van der Waals surface area (Å²) in [4.78, 5) is 34.5. The zero-order chi connectivity index (χ0) is 29.4. The molecule has 1 heterocycles. The Kier molecular flexibility index (Phi) is 12.9. The number of benzene rings is 3. The molecule has 2 aliphatic rings. The Labute approximate surface area is 279 Å². The average Bonchev–Trinajstić information content (AvgIpc) is 3.33. The maximum Gasteiger partial charge on any atom is 0.230 e. The van der Waals surface area contributed by atoms with Crippen molar-refractivity contribution in [3.05, 3.63) is 99.0 Å². The Hall–Kier alpha value is -2.41. The molecular weight excluding hydrogens is 804 g/mol. The van der Waals surface area contributed by atoms with Crippen LogP contribution in [0.3, 0.4) is 0 Å². The zero-order valence-electron chi connectivity index (χ0n) is 23.1. The van der Waals surface area contributed by atoms with E-state index in [0.29, 0.717) is 40.5 Å². The first kappa shape index (κ1) is 34.1. The van der Waals surface area contributed by atoms with Gasteiger partial charge in [-0.25, -0.2) is 4.39 Å². The van der Waals surface area contributed by atoms with Crippen molar-refractivity contribution in [1.82, 2.24) is 5.32 Å². The first-order valence-corrected chi connectivity index (χ1v) is 14.2. The van der Waals surface area contributed by atoms with E-state index in [-0.39, 0.29) is 65.3 Å². The molecule has 2 fully saturated rings. The van der Waals surface area contributed by atoms with E-state index < -0.39 is 5.82 Å². The van der Waals surface area contributed by atoms with Gasteiger partial charge in [-0.15, -0.1) is 7.05 Å². The van der Waals surface area contributed by atoms with Gasteiger partial charge in [-0.1, -0.05) is 72.8 Å². The van der Waals surface area contributed by atoms with Gasteiger partial charge in [-0.3, -0.25) is 9.59 Å². The Balaban J connectivity index is 0.000000293. The number of anilines is 2. The summed E-state index contributed by atoms with van der Waals surface area (Å²) >= 11 is 12.1. The molecular formula is C31H32Cl2FN4O3U-. The first-order chi connectivity index (χ1) is 19.8. The molecule has 2 unspecified atom stereocenters. The van der Waals surface area contributed by atoms with Crippen molar-refractivity contribution in [1.29, 1.82) is 0 Å². The van der Waals surface area contributed by atoms with Crippen LogP contribution in [0.1, 0.15) is 53.9 Å². The second kappa shape index (κ2) is 15.9. The van der Waals surface area contributed by atoms with Gasteiger partial charge in [0, 0.05) is 65.5 Å². The van der Waals surface area contributed by atoms with Gasteiger partial charge >= 0.3 is 0 Å². The predicted molar refractivity (Wildman–Crippen MR) is 161 cm³/mol. The first-order valence-electron chi connectivity index (χ1n) is 13.5. The van der Waals surface area contributed by atoms with E-state index >= 15 is 0 Å². The number of carbonyl (C=O) groups is 3. The summed E-state index contributed by atoms with van der Waals surface area (Å²) in [5.41, 5.74) is 2.02. The van der Waals surface area contributed by atoms with Crippen LogP contribution in [0.4, 0.5) is 15.8 Å². The van der Waals surface area contributed by atoms with E-state index in [1.807, 2.05) is 6.07 Å². The van der Waals surface area contributed by atoms with E-state index in [0.717, 1.165) is 25.7 Å². The Bertz CT molecular complexity index is 1390. The third-order valence-corrected chi connectivity index (χ3v) is 8.26. The normalized spacial score (nSPS) is 18.6. The van der Waals surface area contributed by atoms with Gasteiger partial charge in [0.1, 0.15) is 5.82 Å². The van der Waals surface area contributed by atoms with Crippen molar-refractivity contribution in [2.45, 2.75) is 43.6 Å². The van der Waals surface area contributed by atoms with Gasteiger partial charge in [0.25, 0.3) is 0 Å². The van der Waals surface area contributed by atoms with Crippen LogP contribution in [0.2, 0.25) is 10.0 Å². The summed E-state index contributed by atoms with van der Waals surface area (Å²) < 4.78 is 14.8. The van der Waals surface area contributed by atoms with E-state index in [1.165, 1.54) is 13.5 Å². The number of halogens is 3. The van der Waals surface area contributed by atoms with Crippen LogP contribution in [0.5, 0.6) is 0 Å². The molecule has 1 spiro atoms. The van der Waals surface area contributed by atoms with Crippen LogP contribution in [-0.2, 0) is 9.59 Å². The predicted octanol–water partition coefficient (Wildman–Crippen LogP) is 7.18. The van der Waals surface area contributed by atoms with Crippen molar-refractivity contribution in [2.24, 2.45) is 5.92 Å². The molecule has 0 bridgehead atoms. The Morgan fingerprint density at radius 3 is 2.33 bits per heavy atom. The molecule has 3 aromatic carbocycles. The smallest absolute Gasteiger partial charge is 0.230 e. The van der Waals surface area contributed by atoms with Crippen LogP contribution in [0.25, 0.3) is 5.32 Å². The van der Waals surface area contributed by atoms with E-state index in [1.54, 1.807) is 60.7 Å². The molecule has 3 amide bonds. The minimum atomic E-state index is -0.426. The van der Waals surface area contributed by atoms with Crippen molar-refractivity contribution in [3.63, 3.8) is 0 Å². The fraction of sp³-hybridized carbons (Fsp3) is 0.323. The second-order valence-corrected chi connectivity index (χ2v) is 11.0. The van der Waals surface area contributed by atoms with Gasteiger partial charge in [0.15, 0.2) is 0 Å². The number of amides is 3. The molecule has 42 heavy (non-hydrogen) atoms. The molecule has 3 aromatic rings. The quantitative estimate of drug-likeness (QED) is 0.229. The molecule has 1 aliphatic carbocycles. The number of hydrogen-bond acceptors (Lipinski definition) is 4. The van der Waals surface area contributed by atoms with Crippen molar-refractivity contribution in [3.8, 4) is 0 Å². The van der Waals surface area contributed by atoms with Crippen LogP contribution < -0.4 is 16.0 Å². The second-order valence-electron chi connectivity index (χ2n) is 10.2. The summed E-state index contributed by atoms with van der Waals surface area (Å²) in [5, 5.41) is 13.2. The molecule has 1 aliphatic heterocycles. The molecule has 1 saturated carbocycles. The number of hydrogen-bond donors (Lipinski definition) is 3. The zero-order valence-corrected chi connectivity index (χ0v) is 28.8. The number of nitrogens with one attached hydrogen (secondary N) is 3. The molecule has 7 nitrogen and oxygen atoms in total. The molecule has 11 heteroatoms. The molecule has 3 N–H and O–H groups in total. The van der Waals surface area contributed by atoms with Gasteiger partial charge in [0.2, 0.25) is 12.3 Å². The standard InChI is InChI=1S/C22H23Cl2FN2O.C9H10N2O2.U/c23-14-6-4-7-15(12-14)27-21(28)19-17(16-8-5-9-18(24)20(16)25)13-26-22(19)10-2-1-3-11-22;1-10-9(13)7-2-4-8(5-3-7)11-6-12;/h4-9,12,17,19,26H,1-3,10-11,13H2,(H,27,28);2-6H,1H3,(H2,10,11,12,13);/p-1. The number of carbonyl (C=O) groups excluding carboxylic acids is 3. The third-order valence-electron chi connectivity index (χ3n) is 7.73. The fourth-order valence-electron chi connectivity index (χ4n) is 5.82. The van der Waals surface area contributed by atoms with Crippen LogP contribution in [-0.4, -0.2) is 37.4 Å². The summed E-state index contributed by atoms with van der Waals surface area (Å²) in [7, 11) is 1.44. The third kappa shape index (κ3) is 8.15. The fourth-order valence-corrected chi connectivity index (χ4v) is 6.19. The van der Waals surface area contributed by atoms with Gasteiger partial charge in [0.05, 0.1) is 16.8 Å². The van der Waals surface area contributed by atoms with Crippen LogP contribution in [0.15, 0.2) is 66.7 Å². The summed E-state index contributed by atoms with van der Waals surface area (Å²) in [6.45, 7) is 0.560. The maximum atomic E-state index is 14.8. The summed E-state index contributed by atoms with van der Waals surface area (Å²) in [5.74, 6) is -1.43. The van der Waals surface area contributed by atoms with E-state index in [9.17, 15) is 18.8 Å². The topological polar surface area (TPSA) is 101 Å². The molecule has 5 rings (SSSR count). The molecule has 0 radical (unpaired) electrons. The molecule has 2 atom stereocenters. The van der Waals surface area contributed by atoms with Gasteiger partial charge in [-0.05, 0) is 60.4 Å².